The van der Waals surface area contributed by atoms with Crippen molar-refractivity contribution in [1.82, 2.24) is 4.98 Å². The number of nitrogens with zero attached hydrogens (tertiary/aromatic N) is 1. The van der Waals surface area contributed by atoms with Gasteiger partial charge < -0.3 is 9.73 Å². The number of rotatable bonds is 5. The maximum Gasteiger partial charge on any atom is 0.390 e. The molecular formula is C24H23F3N2O. The molecule has 0 amide bonds. The van der Waals surface area contributed by atoms with Gasteiger partial charge in [-0.05, 0) is 41.7 Å². The molecule has 6 heteroatoms. The highest BCUT2D eigenvalue weighted by Crippen LogP contribution is 2.48. The SMILES string of the molecule is CC(C)c1ccc(Nc2nc3c(o2)C=CCC3(CC(F)(F)F)c2ccccc2)cc1. The summed E-state index contributed by atoms with van der Waals surface area (Å²) in [6, 6.07) is 16.8. The monoisotopic (exact) mass is 412 g/mol. The molecule has 4 rings (SSSR count). The predicted octanol–water partition coefficient (Wildman–Crippen LogP) is 7.20. The van der Waals surface area contributed by atoms with Crippen molar-refractivity contribution < 1.29 is 17.6 Å². The molecule has 0 radical (unpaired) electrons. The van der Waals surface area contributed by atoms with Crippen LogP contribution in [-0.2, 0) is 5.41 Å². The van der Waals surface area contributed by atoms with Crippen molar-refractivity contribution in [1.29, 1.82) is 0 Å². The Morgan fingerprint density at radius 3 is 2.40 bits per heavy atom. The number of halogens is 3. The van der Waals surface area contributed by atoms with Crippen LogP contribution in [0.4, 0.5) is 24.9 Å². The molecule has 1 atom stereocenters. The average Bonchev–Trinajstić information content (AvgIpc) is 3.12. The number of hydrogen-bond acceptors (Lipinski definition) is 3. The molecule has 0 spiro atoms. The van der Waals surface area contributed by atoms with Crippen molar-refractivity contribution in [2.75, 3.05) is 5.32 Å². The van der Waals surface area contributed by atoms with E-state index in [1.165, 1.54) is 5.56 Å². The number of allylic oxidation sites excluding steroid dienone is 1. The molecule has 0 aliphatic heterocycles. The molecule has 3 nitrogen and oxygen atoms in total. The molecule has 0 bridgehead atoms. The lowest BCUT2D eigenvalue weighted by Crippen LogP contribution is -2.35. The van der Waals surface area contributed by atoms with Crippen LogP contribution in [-0.4, -0.2) is 11.2 Å². The van der Waals surface area contributed by atoms with Crippen molar-refractivity contribution in [3.63, 3.8) is 0 Å². The van der Waals surface area contributed by atoms with Crippen LogP contribution in [0.3, 0.4) is 0 Å². The number of nitrogens with one attached hydrogen (secondary N) is 1. The molecule has 3 aromatic rings. The highest BCUT2D eigenvalue weighted by Gasteiger charge is 2.48. The number of anilines is 2. The summed E-state index contributed by atoms with van der Waals surface area (Å²) in [5.41, 5.74) is 1.55. The van der Waals surface area contributed by atoms with E-state index < -0.39 is 18.0 Å². The highest BCUT2D eigenvalue weighted by atomic mass is 19.4. The van der Waals surface area contributed by atoms with Gasteiger partial charge in [-0.15, -0.1) is 0 Å². The van der Waals surface area contributed by atoms with Gasteiger partial charge in [0, 0.05) is 5.69 Å². The third-order valence-electron chi connectivity index (χ3n) is 5.50. The number of alkyl halides is 3. The fraction of sp³-hybridized carbons (Fsp3) is 0.292. The molecular weight excluding hydrogens is 389 g/mol. The van der Waals surface area contributed by atoms with Gasteiger partial charge in [0.15, 0.2) is 5.76 Å². The van der Waals surface area contributed by atoms with Crippen LogP contribution >= 0.6 is 0 Å². The standard InChI is InChI=1S/C24H23F3N2O/c1-16(2)17-10-12-19(13-11-17)28-22-29-21-20(30-22)9-6-14-23(21,15-24(25,26)27)18-7-4-3-5-8-18/h3-13,16H,14-15H2,1-2H3,(H,28,29). The van der Waals surface area contributed by atoms with Gasteiger partial charge in [0.05, 0.1) is 17.5 Å². The second kappa shape index (κ2) is 7.67. The summed E-state index contributed by atoms with van der Waals surface area (Å²) in [6.07, 6.45) is -1.72. The summed E-state index contributed by atoms with van der Waals surface area (Å²) in [4.78, 5) is 4.49. The lowest BCUT2D eigenvalue weighted by molar-refractivity contribution is -0.145. The zero-order valence-corrected chi connectivity index (χ0v) is 16.8. The van der Waals surface area contributed by atoms with Crippen molar-refractivity contribution in [3.05, 3.63) is 83.3 Å². The van der Waals surface area contributed by atoms with Crippen molar-refractivity contribution >= 4 is 17.8 Å². The first-order valence-electron chi connectivity index (χ1n) is 9.94. The van der Waals surface area contributed by atoms with Crippen LogP contribution in [0.2, 0.25) is 0 Å². The Hall–Kier alpha value is -3.02. The Bertz CT molecular complexity index is 1040. The van der Waals surface area contributed by atoms with E-state index in [4.69, 9.17) is 4.42 Å². The molecule has 0 saturated carbocycles. The minimum Gasteiger partial charge on any atom is -0.424 e. The van der Waals surface area contributed by atoms with Crippen LogP contribution < -0.4 is 5.32 Å². The molecule has 1 N–H and O–H groups in total. The number of fused-ring (bicyclic) bond motifs is 1. The van der Waals surface area contributed by atoms with E-state index >= 15 is 0 Å². The Morgan fingerprint density at radius 2 is 1.77 bits per heavy atom. The lowest BCUT2D eigenvalue weighted by Gasteiger charge is -2.34. The Labute approximate surface area is 173 Å². The van der Waals surface area contributed by atoms with Crippen LogP contribution in [0.1, 0.15) is 55.2 Å². The third-order valence-corrected chi connectivity index (χ3v) is 5.50. The van der Waals surface area contributed by atoms with Crippen LogP contribution in [0.5, 0.6) is 0 Å². The minimum absolute atomic E-state index is 0.186. The first-order chi connectivity index (χ1) is 14.3. The van der Waals surface area contributed by atoms with Gasteiger partial charge in [-0.25, -0.2) is 0 Å². The molecule has 0 fully saturated rings. The predicted molar refractivity (Wildman–Crippen MR) is 112 cm³/mol. The normalized spacial score (nSPS) is 18.5. The largest absolute Gasteiger partial charge is 0.424 e. The highest BCUT2D eigenvalue weighted by molar-refractivity contribution is 5.60. The van der Waals surface area contributed by atoms with Crippen LogP contribution in [0.15, 0.2) is 65.1 Å². The summed E-state index contributed by atoms with van der Waals surface area (Å²) >= 11 is 0. The zero-order chi connectivity index (χ0) is 21.4. The fourth-order valence-electron chi connectivity index (χ4n) is 3.99. The third kappa shape index (κ3) is 3.99. The van der Waals surface area contributed by atoms with Gasteiger partial charge in [0.25, 0.3) is 6.01 Å². The number of aromatic nitrogens is 1. The number of oxazole rings is 1. The summed E-state index contributed by atoms with van der Waals surface area (Å²) in [7, 11) is 0. The van der Waals surface area contributed by atoms with E-state index in [1.807, 2.05) is 24.3 Å². The van der Waals surface area contributed by atoms with E-state index in [0.717, 1.165) is 5.69 Å². The zero-order valence-electron chi connectivity index (χ0n) is 16.8. The molecule has 1 aliphatic rings. The maximum absolute atomic E-state index is 13.6. The molecule has 1 heterocycles. The summed E-state index contributed by atoms with van der Waals surface area (Å²) in [6.45, 7) is 4.22. The first kappa shape index (κ1) is 20.3. The van der Waals surface area contributed by atoms with E-state index in [-0.39, 0.29) is 12.4 Å². The Morgan fingerprint density at radius 1 is 1.07 bits per heavy atom. The lowest BCUT2D eigenvalue weighted by atomic mass is 9.69. The second-order valence-electron chi connectivity index (χ2n) is 7.98. The van der Waals surface area contributed by atoms with Crippen molar-refractivity contribution in [3.8, 4) is 0 Å². The van der Waals surface area contributed by atoms with Crippen molar-refractivity contribution in [2.45, 2.75) is 44.2 Å². The smallest absolute Gasteiger partial charge is 0.390 e. The summed E-state index contributed by atoms with van der Waals surface area (Å²) < 4.78 is 46.7. The van der Waals surface area contributed by atoms with Crippen molar-refractivity contribution in [2.24, 2.45) is 0 Å². The molecule has 1 unspecified atom stereocenters. The molecule has 1 aromatic heterocycles. The van der Waals surface area contributed by atoms with E-state index in [0.29, 0.717) is 22.9 Å². The topological polar surface area (TPSA) is 38.1 Å². The van der Waals surface area contributed by atoms with Gasteiger partial charge in [-0.1, -0.05) is 62.4 Å². The molecule has 0 saturated heterocycles. The summed E-state index contributed by atoms with van der Waals surface area (Å²) in [5, 5.41) is 3.09. The second-order valence-corrected chi connectivity index (χ2v) is 7.98. The van der Waals surface area contributed by atoms with E-state index in [2.05, 4.69) is 24.1 Å². The maximum atomic E-state index is 13.6. The molecule has 1 aliphatic carbocycles. The molecule has 30 heavy (non-hydrogen) atoms. The van der Waals surface area contributed by atoms with Crippen LogP contribution in [0.25, 0.3) is 6.08 Å². The fourth-order valence-corrected chi connectivity index (χ4v) is 3.99. The van der Waals surface area contributed by atoms with Gasteiger partial charge in [-0.3, -0.25) is 0 Å². The van der Waals surface area contributed by atoms with Gasteiger partial charge >= 0.3 is 6.18 Å². The molecule has 2 aromatic carbocycles. The van der Waals surface area contributed by atoms with Gasteiger partial charge in [0.1, 0.15) is 0 Å². The Balaban J connectivity index is 1.72. The Kier molecular flexibility index (Phi) is 5.18. The number of hydrogen-bond donors (Lipinski definition) is 1. The van der Waals surface area contributed by atoms with Gasteiger partial charge in [0.2, 0.25) is 0 Å². The van der Waals surface area contributed by atoms with Crippen LogP contribution in [0, 0.1) is 0 Å². The number of benzene rings is 2. The first-order valence-corrected chi connectivity index (χ1v) is 9.94. The van der Waals surface area contributed by atoms with Gasteiger partial charge in [-0.2, -0.15) is 18.2 Å². The van der Waals surface area contributed by atoms with E-state index in [1.54, 1.807) is 42.5 Å². The quantitative estimate of drug-likeness (QED) is 0.482. The summed E-state index contributed by atoms with van der Waals surface area (Å²) in [5.74, 6) is 0.766. The molecule has 156 valence electrons. The minimum atomic E-state index is -4.35. The van der Waals surface area contributed by atoms with E-state index in [9.17, 15) is 13.2 Å². The average molecular weight is 412 g/mol.